The lowest BCUT2D eigenvalue weighted by Crippen LogP contribution is -2.46. The molecule has 8 nitrogen and oxygen atoms in total. The minimum Gasteiger partial charge on any atom is -0.481 e. The summed E-state index contributed by atoms with van der Waals surface area (Å²) in [6.45, 7) is 1.00. The average molecular weight is 398 g/mol. The molecular formula is C19H18N4O4S. The number of amides is 1. The molecule has 9 heteroatoms. The number of ether oxygens (including phenoxy) is 1. The van der Waals surface area contributed by atoms with Crippen LogP contribution in [0.4, 0.5) is 0 Å². The van der Waals surface area contributed by atoms with Crippen molar-refractivity contribution in [2.24, 2.45) is 0 Å². The van der Waals surface area contributed by atoms with Crippen LogP contribution < -0.4 is 0 Å². The second-order valence-electron chi connectivity index (χ2n) is 6.39. The maximum absolute atomic E-state index is 12.7. The highest BCUT2D eigenvalue weighted by molar-refractivity contribution is 7.13. The lowest BCUT2D eigenvalue weighted by Gasteiger charge is -2.31. The van der Waals surface area contributed by atoms with Gasteiger partial charge in [0.1, 0.15) is 10.7 Å². The molecular weight excluding hydrogens is 380 g/mol. The normalized spacial score (nSPS) is 16.9. The zero-order chi connectivity index (χ0) is 19.5. The van der Waals surface area contributed by atoms with Crippen molar-refractivity contribution in [3.05, 3.63) is 53.8 Å². The van der Waals surface area contributed by atoms with Crippen molar-refractivity contribution >= 4 is 23.2 Å². The van der Waals surface area contributed by atoms with Gasteiger partial charge in [0, 0.05) is 30.2 Å². The number of benzene rings is 1. The number of aromatic nitrogens is 3. The van der Waals surface area contributed by atoms with Gasteiger partial charge in [-0.05, 0) is 12.1 Å². The third-order valence-electron chi connectivity index (χ3n) is 4.40. The van der Waals surface area contributed by atoms with Gasteiger partial charge in [-0.25, -0.2) is 9.67 Å². The minimum absolute atomic E-state index is 0.120. The van der Waals surface area contributed by atoms with Crippen LogP contribution in [0.2, 0.25) is 0 Å². The van der Waals surface area contributed by atoms with Crippen molar-refractivity contribution in [2.75, 3.05) is 19.7 Å². The van der Waals surface area contributed by atoms with Gasteiger partial charge in [0.15, 0.2) is 0 Å². The molecule has 1 atom stereocenters. The molecule has 1 saturated heterocycles. The molecule has 2 aromatic heterocycles. The maximum Gasteiger partial charge on any atom is 0.306 e. The van der Waals surface area contributed by atoms with E-state index in [2.05, 4.69) is 10.1 Å². The van der Waals surface area contributed by atoms with Crippen LogP contribution in [-0.4, -0.2) is 62.4 Å². The van der Waals surface area contributed by atoms with Crippen molar-refractivity contribution < 1.29 is 19.4 Å². The number of carbonyl (C=O) groups excluding carboxylic acids is 1. The van der Waals surface area contributed by atoms with Crippen LogP contribution in [-0.2, 0) is 9.53 Å². The van der Waals surface area contributed by atoms with E-state index in [4.69, 9.17) is 9.84 Å². The lowest BCUT2D eigenvalue weighted by atomic mass is 10.2. The largest absolute Gasteiger partial charge is 0.481 e. The fourth-order valence-electron chi connectivity index (χ4n) is 3.04. The van der Waals surface area contributed by atoms with Crippen molar-refractivity contribution in [3.63, 3.8) is 0 Å². The van der Waals surface area contributed by atoms with E-state index in [-0.39, 0.29) is 18.9 Å². The number of carboxylic acids is 1. The van der Waals surface area contributed by atoms with E-state index < -0.39 is 12.1 Å². The number of hydrogen-bond donors (Lipinski definition) is 1. The Morgan fingerprint density at radius 1 is 1.29 bits per heavy atom. The number of morpholine rings is 1. The Morgan fingerprint density at radius 2 is 2.11 bits per heavy atom. The second-order valence-corrected chi connectivity index (χ2v) is 7.25. The molecule has 1 aromatic carbocycles. The Hall–Kier alpha value is -3.04. The zero-order valence-electron chi connectivity index (χ0n) is 14.9. The van der Waals surface area contributed by atoms with E-state index in [0.29, 0.717) is 23.9 Å². The first-order valence-electron chi connectivity index (χ1n) is 8.79. The Balaban J connectivity index is 1.48. The molecule has 28 heavy (non-hydrogen) atoms. The van der Waals surface area contributed by atoms with Gasteiger partial charge in [-0.1, -0.05) is 18.2 Å². The van der Waals surface area contributed by atoms with Crippen LogP contribution in [0.5, 0.6) is 0 Å². The zero-order valence-corrected chi connectivity index (χ0v) is 15.7. The van der Waals surface area contributed by atoms with E-state index in [0.717, 1.165) is 11.3 Å². The number of carbonyl (C=O) groups is 2. The fourth-order valence-corrected chi connectivity index (χ4v) is 3.81. The molecule has 1 aliphatic rings. The first-order valence-corrected chi connectivity index (χ1v) is 9.67. The topological polar surface area (TPSA) is 97.6 Å². The molecule has 1 unspecified atom stereocenters. The van der Waals surface area contributed by atoms with Crippen LogP contribution in [0.25, 0.3) is 16.3 Å². The van der Waals surface area contributed by atoms with E-state index in [1.807, 2.05) is 36.5 Å². The van der Waals surface area contributed by atoms with Gasteiger partial charge in [0.25, 0.3) is 5.91 Å². The first-order chi connectivity index (χ1) is 13.6. The molecule has 3 heterocycles. The van der Waals surface area contributed by atoms with Crippen LogP contribution in [0.15, 0.2) is 48.1 Å². The Kier molecular flexibility index (Phi) is 5.18. The molecule has 0 saturated carbocycles. The predicted octanol–water partition coefficient (Wildman–Crippen LogP) is 2.31. The van der Waals surface area contributed by atoms with Crippen molar-refractivity contribution in [1.82, 2.24) is 19.7 Å². The van der Waals surface area contributed by atoms with Crippen LogP contribution in [0.3, 0.4) is 0 Å². The van der Waals surface area contributed by atoms with Gasteiger partial charge in [-0.2, -0.15) is 5.10 Å². The summed E-state index contributed by atoms with van der Waals surface area (Å²) in [7, 11) is 0. The number of nitrogens with zero attached hydrogens (tertiary/aromatic N) is 4. The fraction of sp³-hybridized carbons (Fsp3) is 0.263. The maximum atomic E-state index is 12.7. The van der Waals surface area contributed by atoms with Crippen molar-refractivity contribution in [3.8, 4) is 16.3 Å². The van der Waals surface area contributed by atoms with Crippen molar-refractivity contribution in [2.45, 2.75) is 12.5 Å². The summed E-state index contributed by atoms with van der Waals surface area (Å²) in [6.07, 6.45) is 2.99. The van der Waals surface area contributed by atoms with Gasteiger partial charge < -0.3 is 14.7 Å². The second kappa shape index (κ2) is 7.91. The van der Waals surface area contributed by atoms with E-state index in [1.165, 1.54) is 11.3 Å². The summed E-state index contributed by atoms with van der Waals surface area (Å²) in [5.74, 6) is -1.15. The van der Waals surface area contributed by atoms with Gasteiger partial charge in [-0.3, -0.25) is 9.59 Å². The molecule has 1 fully saturated rings. The lowest BCUT2D eigenvalue weighted by molar-refractivity contribution is -0.141. The van der Waals surface area contributed by atoms with E-state index >= 15 is 0 Å². The SMILES string of the molecule is O=C(O)CC1CN(C(=O)c2csc(-c3cnn(-c4ccccc4)c3)n2)CCO1. The summed E-state index contributed by atoms with van der Waals surface area (Å²) in [6, 6.07) is 9.74. The Morgan fingerprint density at radius 3 is 2.89 bits per heavy atom. The monoisotopic (exact) mass is 398 g/mol. The van der Waals surface area contributed by atoms with Gasteiger partial charge in [-0.15, -0.1) is 11.3 Å². The number of aliphatic carboxylic acids is 1. The summed E-state index contributed by atoms with van der Waals surface area (Å²) >= 11 is 1.38. The molecule has 4 rings (SSSR count). The molecule has 144 valence electrons. The quantitative estimate of drug-likeness (QED) is 0.708. The van der Waals surface area contributed by atoms with E-state index in [9.17, 15) is 9.59 Å². The summed E-state index contributed by atoms with van der Waals surface area (Å²) in [4.78, 5) is 29.7. The number of carboxylic acid groups (broad SMARTS) is 1. The highest BCUT2D eigenvalue weighted by atomic mass is 32.1. The number of para-hydroxylation sites is 1. The highest BCUT2D eigenvalue weighted by Gasteiger charge is 2.28. The van der Waals surface area contributed by atoms with Crippen LogP contribution in [0.1, 0.15) is 16.9 Å². The number of rotatable bonds is 5. The van der Waals surface area contributed by atoms with Crippen molar-refractivity contribution in [1.29, 1.82) is 0 Å². The Labute approximate surface area is 165 Å². The van der Waals surface area contributed by atoms with Gasteiger partial charge in [0.2, 0.25) is 0 Å². The minimum atomic E-state index is -0.939. The summed E-state index contributed by atoms with van der Waals surface area (Å²) in [5, 5.41) is 15.7. The molecule has 1 N–H and O–H groups in total. The molecule has 1 amide bonds. The number of thiazole rings is 1. The van der Waals surface area contributed by atoms with E-state index in [1.54, 1.807) is 21.2 Å². The summed E-state index contributed by atoms with van der Waals surface area (Å²) < 4.78 is 7.18. The smallest absolute Gasteiger partial charge is 0.306 e. The van der Waals surface area contributed by atoms with Gasteiger partial charge >= 0.3 is 5.97 Å². The molecule has 0 bridgehead atoms. The Bertz CT molecular complexity index is 985. The predicted molar refractivity (Wildman–Crippen MR) is 103 cm³/mol. The third-order valence-corrected chi connectivity index (χ3v) is 5.29. The van der Waals surface area contributed by atoms with Crippen LogP contribution >= 0.6 is 11.3 Å². The molecule has 0 spiro atoms. The highest BCUT2D eigenvalue weighted by Crippen LogP contribution is 2.25. The third kappa shape index (κ3) is 3.95. The molecule has 3 aromatic rings. The molecule has 0 radical (unpaired) electrons. The van der Waals surface area contributed by atoms with Gasteiger partial charge in [0.05, 0.1) is 31.0 Å². The summed E-state index contributed by atoms with van der Waals surface area (Å²) in [5.41, 5.74) is 2.13. The average Bonchev–Trinajstić information content (AvgIpc) is 3.37. The molecule has 1 aliphatic heterocycles. The standard InChI is InChI=1S/C19H18N4O4S/c24-17(25)8-15-11-22(6-7-27-15)19(26)16-12-28-18(21-16)13-9-20-23(10-13)14-4-2-1-3-5-14/h1-5,9-10,12,15H,6-8,11H2,(H,24,25). The molecule has 0 aliphatic carbocycles. The first kappa shape index (κ1) is 18.3. The number of hydrogen-bond acceptors (Lipinski definition) is 6. The van der Waals surface area contributed by atoms with Crippen LogP contribution in [0, 0.1) is 0 Å².